The standard InChI is InChI=1S/C19H17ClFN3O3S/c1-24-12-13(9-10-19(24)25)23-28(26,27)18-8-3-2-7-17(18)22-11-14-15(20)5-4-6-16(14)21/h2-10,12,22-23H,11H2,1H3. The van der Waals surface area contributed by atoms with E-state index < -0.39 is 15.8 Å². The van der Waals surface area contributed by atoms with Gasteiger partial charge >= 0.3 is 0 Å². The van der Waals surface area contributed by atoms with Gasteiger partial charge in [-0.3, -0.25) is 9.52 Å². The van der Waals surface area contributed by atoms with Crippen LogP contribution < -0.4 is 15.6 Å². The lowest BCUT2D eigenvalue weighted by Crippen LogP contribution is -2.19. The van der Waals surface area contributed by atoms with Gasteiger partial charge in [0, 0.05) is 36.4 Å². The van der Waals surface area contributed by atoms with Gasteiger partial charge in [-0.15, -0.1) is 0 Å². The molecule has 0 fully saturated rings. The number of hydrogen-bond donors (Lipinski definition) is 2. The SMILES string of the molecule is Cn1cc(NS(=O)(=O)c2ccccc2NCc2c(F)cccc2Cl)ccc1=O. The summed E-state index contributed by atoms with van der Waals surface area (Å²) in [7, 11) is -2.43. The Balaban J connectivity index is 1.88. The largest absolute Gasteiger partial charge is 0.380 e. The molecule has 0 aliphatic heterocycles. The third-order valence-electron chi connectivity index (χ3n) is 4.03. The van der Waals surface area contributed by atoms with Crippen LogP contribution in [0.1, 0.15) is 5.56 Å². The second kappa shape index (κ2) is 8.04. The Morgan fingerprint density at radius 3 is 2.54 bits per heavy atom. The number of nitrogens with one attached hydrogen (secondary N) is 2. The van der Waals surface area contributed by atoms with Crippen molar-refractivity contribution in [2.75, 3.05) is 10.0 Å². The Morgan fingerprint density at radius 1 is 1.07 bits per heavy atom. The predicted molar refractivity (Wildman–Crippen MR) is 108 cm³/mol. The molecule has 0 aliphatic rings. The molecule has 2 N–H and O–H groups in total. The number of benzene rings is 2. The van der Waals surface area contributed by atoms with Gasteiger partial charge in [-0.25, -0.2) is 12.8 Å². The summed E-state index contributed by atoms with van der Waals surface area (Å²) in [6.07, 6.45) is 1.38. The fourth-order valence-corrected chi connectivity index (χ4v) is 4.05. The number of pyridine rings is 1. The maximum atomic E-state index is 14.0. The van der Waals surface area contributed by atoms with Gasteiger partial charge in [0.05, 0.1) is 11.4 Å². The van der Waals surface area contributed by atoms with Crippen molar-refractivity contribution >= 4 is 33.0 Å². The molecule has 6 nitrogen and oxygen atoms in total. The lowest BCUT2D eigenvalue weighted by atomic mass is 10.2. The number of hydrogen-bond acceptors (Lipinski definition) is 4. The Bertz CT molecular complexity index is 1160. The Morgan fingerprint density at radius 2 is 1.82 bits per heavy atom. The first-order valence-electron chi connectivity index (χ1n) is 8.23. The summed E-state index contributed by atoms with van der Waals surface area (Å²) in [6, 6.07) is 13.2. The van der Waals surface area contributed by atoms with Crippen molar-refractivity contribution in [1.82, 2.24) is 4.57 Å². The minimum absolute atomic E-state index is 0.0118. The van der Waals surface area contributed by atoms with E-state index in [-0.39, 0.29) is 33.3 Å². The van der Waals surface area contributed by atoms with E-state index >= 15 is 0 Å². The number of rotatable bonds is 6. The topological polar surface area (TPSA) is 80.2 Å². The van der Waals surface area contributed by atoms with Crippen LogP contribution in [0.4, 0.5) is 15.8 Å². The zero-order chi connectivity index (χ0) is 20.3. The van der Waals surface area contributed by atoms with Crippen molar-refractivity contribution in [3.63, 3.8) is 0 Å². The Kier molecular flexibility index (Phi) is 5.71. The first-order chi connectivity index (χ1) is 13.3. The highest BCUT2D eigenvalue weighted by Gasteiger charge is 2.19. The quantitative estimate of drug-likeness (QED) is 0.637. The van der Waals surface area contributed by atoms with Crippen LogP contribution in [0.5, 0.6) is 0 Å². The normalized spacial score (nSPS) is 11.2. The van der Waals surface area contributed by atoms with Crippen molar-refractivity contribution in [2.24, 2.45) is 7.05 Å². The average Bonchev–Trinajstić information content (AvgIpc) is 2.64. The number of aromatic nitrogens is 1. The van der Waals surface area contributed by atoms with E-state index in [0.717, 1.165) is 0 Å². The second-order valence-electron chi connectivity index (χ2n) is 6.02. The van der Waals surface area contributed by atoms with Crippen molar-refractivity contribution < 1.29 is 12.8 Å². The zero-order valence-electron chi connectivity index (χ0n) is 14.8. The van der Waals surface area contributed by atoms with Crippen LogP contribution in [0, 0.1) is 5.82 Å². The fourth-order valence-electron chi connectivity index (χ4n) is 2.60. The molecule has 0 saturated carbocycles. The van der Waals surface area contributed by atoms with Gasteiger partial charge in [-0.05, 0) is 30.3 Å². The molecular weight excluding hydrogens is 405 g/mol. The summed E-state index contributed by atoms with van der Waals surface area (Å²) in [5.74, 6) is -0.483. The molecule has 1 aromatic heterocycles. The summed E-state index contributed by atoms with van der Waals surface area (Å²) < 4.78 is 43.3. The number of para-hydroxylation sites is 1. The van der Waals surface area contributed by atoms with E-state index in [9.17, 15) is 17.6 Å². The van der Waals surface area contributed by atoms with Crippen LogP contribution >= 0.6 is 11.6 Å². The number of sulfonamides is 1. The molecule has 9 heteroatoms. The molecule has 0 amide bonds. The maximum Gasteiger partial charge on any atom is 0.264 e. The molecule has 0 bridgehead atoms. The van der Waals surface area contributed by atoms with Crippen LogP contribution in [0.15, 0.2) is 70.5 Å². The molecule has 0 spiro atoms. The van der Waals surface area contributed by atoms with Crippen LogP contribution in [0.2, 0.25) is 5.02 Å². The first kappa shape index (κ1) is 19.9. The van der Waals surface area contributed by atoms with E-state index in [2.05, 4.69) is 10.0 Å². The van der Waals surface area contributed by atoms with Crippen LogP contribution in [-0.2, 0) is 23.6 Å². The monoisotopic (exact) mass is 421 g/mol. The number of nitrogens with zero attached hydrogens (tertiary/aromatic N) is 1. The highest BCUT2D eigenvalue weighted by Crippen LogP contribution is 2.26. The van der Waals surface area contributed by atoms with Crippen molar-refractivity contribution in [3.8, 4) is 0 Å². The molecule has 0 radical (unpaired) electrons. The molecule has 0 aliphatic carbocycles. The van der Waals surface area contributed by atoms with E-state index in [1.54, 1.807) is 24.3 Å². The fraction of sp³-hybridized carbons (Fsp3) is 0.105. The Labute approximate surface area is 166 Å². The lowest BCUT2D eigenvalue weighted by molar-refractivity contribution is 0.601. The first-order valence-corrected chi connectivity index (χ1v) is 10.1. The highest BCUT2D eigenvalue weighted by atomic mass is 35.5. The van der Waals surface area contributed by atoms with Crippen LogP contribution in [-0.4, -0.2) is 13.0 Å². The molecule has 0 unspecified atom stereocenters. The van der Waals surface area contributed by atoms with E-state index in [4.69, 9.17) is 11.6 Å². The molecule has 2 aromatic carbocycles. The summed E-state index contributed by atoms with van der Waals surface area (Å²) >= 11 is 6.02. The van der Waals surface area contributed by atoms with Gasteiger partial charge in [0.15, 0.2) is 0 Å². The van der Waals surface area contributed by atoms with Crippen molar-refractivity contribution in [3.05, 3.63) is 87.6 Å². The van der Waals surface area contributed by atoms with E-state index in [0.29, 0.717) is 5.69 Å². The number of anilines is 2. The zero-order valence-corrected chi connectivity index (χ0v) is 16.4. The summed E-state index contributed by atoms with van der Waals surface area (Å²) in [5.41, 5.74) is 0.516. The smallest absolute Gasteiger partial charge is 0.264 e. The summed E-state index contributed by atoms with van der Waals surface area (Å²) in [4.78, 5) is 11.5. The molecule has 1 heterocycles. The molecule has 3 rings (SSSR count). The third kappa shape index (κ3) is 4.35. The van der Waals surface area contributed by atoms with Gasteiger partial charge in [0.1, 0.15) is 10.7 Å². The number of halogens is 2. The van der Waals surface area contributed by atoms with Crippen molar-refractivity contribution in [1.29, 1.82) is 0 Å². The van der Waals surface area contributed by atoms with E-state index in [1.807, 2.05) is 0 Å². The van der Waals surface area contributed by atoms with Gasteiger partial charge < -0.3 is 9.88 Å². The molecule has 0 saturated heterocycles. The minimum atomic E-state index is -3.95. The molecule has 28 heavy (non-hydrogen) atoms. The average molecular weight is 422 g/mol. The highest BCUT2D eigenvalue weighted by molar-refractivity contribution is 7.92. The molecule has 3 aromatic rings. The maximum absolute atomic E-state index is 14.0. The van der Waals surface area contributed by atoms with Gasteiger partial charge in [-0.2, -0.15) is 0 Å². The van der Waals surface area contributed by atoms with Gasteiger partial charge in [-0.1, -0.05) is 29.8 Å². The molecule has 146 valence electrons. The summed E-state index contributed by atoms with van der Waals surface area (Å²) in [5, 5.41) is 3.17. The van der Waals surface area contributed by atoms with Gasteiger partial charge in [0.25, 0.3) is 10.0 Å². The van der Waals surface area contributed by atoms with Crippen LogP contribution in [0.3, 0.4) is 0 Å². The third-order valence-corrected chi connectivity index (χ3v) is 5.83. The predicted octanol–water partition coefficient (Wildman–Crippen LogP) is 3.59. The van der Waals surface area contributed by atoms with Gasteiger partial charge in [0.2, 0.25) is 5.56 Å². The lowest BCUT2D eigenvalue weighted by Gasteiger charge is -2.15. The summed E-state index contributed by atoms with van der Waals surface area (Å²) in [6.45, 7) is 0.0118. The molecule has 0 atom stereocenters. The van der Waals surface area contributed by atoms with Crippen molar-refractivity contribution in [2.45, 2.75) is 11.4 Å². The Hall–Kier alpha value is -2.84. The van der Waals surface area contributed by atoms with E-state index in [1.165, 1.54) is 48.1 Å². The van der Waals surface area contributed by atoms with Crippen LogP contribution in [0.25, 0.3) is 0 Å². The second-order valence-corrected chi connectivity index (χ2v) is 8.08. The molecular formula is C19H17ClFN3O3S. The number of aryl methyl sites for hydroxylation is 1. The minimum Gasteiger partial charge on any atom is -0.380 e.